The summed E-state index contributed by atoms with van der Waals surface area (Å²) in [6.07, 6.45) is 0.461. The van der Waals surface area contributed by atoms with E-state index in [4.69, 9.17) is 4.74 Å². The van der Waals surface area contributed by atoms with Crippen LogP contribution in [0, 0.1) is 12.8 Å². The third kappa shape index (κ3) is 2.88. The summed E-state index contributed by atoms with van der Waals surface area (Å²) in [6, 6.07) is 0. The lowest BCUT2D eigenvalue weighted by molar-refractivity contribution is 0.0820. The van der Waals surface area contributed by atoms with E-state index >= 15 is 0 Å². The minimum absolute atomic E-state index is 0.0158. The number of halogens is 1. The molecule has 1 atom stereocenters. The fraction of sp³-hybridized carbons (Fsp3) is 0.300. The smallest absolute Gasteiger partial charge is 0.176 e. The molecule has 0 aromatic heterocycles. The molecule has 9 heteroatoms. The highest BCUT2D eigenvalue weighted by molar-refractivity contribution is 9.10. The van der Waals surface area contributed by atoms with Gasteiger partial charge in [-0.2, -0.15) is 0 Å². The largest absolute Gasteiger partial charge is 0.507 e. The van der Waals surface area contributed by atoms with Gasteiger partial charge in [-0.25, -0.2) is 0 Å². The number of carbonyl (C=O) groups excluding carboxylic acids is 2. The first-order valence-corrected chi connectivity index (χ1v) is 9.56. The van der Waals surface area contributed by atoms with Gasteiger partial charge in [0.1, 0.15) is 50.1 Å². The van der Waals surface area contributed by atoms with Crippen molar-refractivity contribution >= 4 is 27.5 Å². The van der Waals surface area contributed by atoms with E-state index in [2.05, 4.69) is 15.9 Å². The predicted molar refractivity (Wildman–Crippen MR) is 106 cm³/mol. The van der Waals surface area contributed by atoms with Crippen LogP contribution in [-0.2, 0) is 0 Å². The summed E-state index contributed by atoms with van der Waals surface area (Å²) in [5.41, 5.74) is -1.54. The van der Waals surface area contributed by atoms with Gasteiger partial charge in [-0.1, -0.05) is 6.92 Å². The molecule has 0 amide bonds. The van der Waals surface area contributed by atoms with Gasteiger partial charge in [-0.3, -0.25) is 9.59 Å². The normalized spacial score (nSPS) is 15.7. The molecule has 1 aliphatic rings. The van der Waals surface area contributed by atoms with Crippen molar-refractivity contribution in [2.24, 2.45) is 5.92 Å². The van der Waals surface area contributed by atoms with E-state index in [1.165, 1.54) is 6.92 Å². The number of rotatable bonds is 3. The molecule has 0 fully saturated rings. The van der Waals surface area contributed by atoms with Gasteiger partial charge in [-0.15, -0.1) is 0 Å². The zero-order valence-corrected chi connectivity index (χ0v) is 17.4. The molecule has 1 aliphatic heterocycles. The second-order valence-electron chi connectivity index (χ2n) is 6.85. The second kappa shape index (κ2) is 7.14. The van der Waals surface area contributed by atoms with Crippen LogP contribution in [0.4, 0.5) is 0 Å². The Hall–Kier alpha value is -2.94. The average Bonchev–Trinajstić information content (AvgIpc) is 2.66. The molecule has 0 saturated carbocycles. The maximum absolute atomic E-state index is 12.8. The first-order valence-electron chi connectivity index (χ1n) is 8.77. The summed E-state index contributed by atoms with van der Waals surface area (Å²) in [7, 11) is 0. The van der Waals surface area contributed by atoms with Gasteiger partial charge >= 0.3 is 0 Å². The van der Waals surface area contributed by atoms with E-state index in [9.17, 15) is 35.1 Å². The minimum atomic E-state index is -0.850. The number of phenols is 5. The van der Waals surface area contributed by atoms with Crippen LogP contribution < -0.4 is 4.74 Å². The molecule has 3 rings (SSSR count). The molecule has 0 bridgehead atoms. The molecule has 2 aromatic carbocycles. The summed E-state index contributed by atoms with van der Waals surface area (Å²) in [5.74, 6) is -5.15. The predicted octanol–water partition coefficient (Wildman–Crippen LogP) is 3.76. The highest BCUT2D eigenvalue weighted by atomic mass is 79.9. The fourth-order valence-electron chi connectivity index (χ4n) is 3.49. The number of fused-ring (bicyclic) bond motifs is 1. The highest BCUT2D eigenvalue weighted by Crippen LogP contribution is 2.57. The molecule has 1 heterocycles. The van der Waals surface area contributed by atoms with Gasteiger partial charge in [0, 0.05) is 5.56 Å². The van der Waals surface area contributed by atoms with Gasteiger partial charge in [0.2, 0.25) is 0 Å². The molecule has 1 unspecified atom stereocenters. The number of phenolic OH excluding ortho intramolecular Hbond substituents is 5. The Labute approximate surface area is 174 Å². The van der Waals surface area contributed by atoms with Crippen LogP contribution in [0.2, 0.25) is 0 Å². The van der Waals surface area contributed by atoms with Crippen LogP contribution >= 0.6 is 15.9 Å². The van der Waals surface area contributed by atoms with E-state index in [0.717, 1.165) is 6.92 Å². The number of benzene rings is 2. The van der Waals surface area contributed by atoms with Gasteiger partial charge in [0.15, 0.2) is 11.6 Å². The molecule has 29 heavy (non-hydrogen) atoms. The Morgan fingerprint density at radius 2 is 1.59 bits per heavy atom. The van der Waals surface area contributed by atoms with Gasteiger partial charge in [-0.05, 0) is 36.2 Å². The van der Waals surface area contributed by atoms with E-state index in [1.54, 1.807) is 6.92 Å². The Balaban J connectivity index is 2.47. The van der Waals surface area contributed by atoms with Crippen molar-refractivity contribution in [3.8, 4) is 45.6 Å². The molecule has 0 radical (unpaired) electrons. The lowest BCUT2D eigenvalue weighted by Gasteiger charge is -2.27. The first kappa shape index (κ1) is 20.8. The van der Waals surface area contributed by atoms with Crippen LogP contribution in [-0.4, -0.2) is 43.7 Å². The Kier molecular flexibility index (Phi) is 5.12. The zero-order chi connectivity index (χ0) is 21.8. The molecular formula is C20H19BrO8. The van der Waals surface area contributed by atoms with Gasteiger partial charge < -0.3 is 30.3 Å². The summed E-state index contributed by atoms with van der Waals surface area (Å²) < 4.78 is 5.26. The van der Waals surface area contributed by atoms with Crippen LogP contribution in [0.25, 0.3) is 11.1 Å². The van der Waals surface area contributed by atoms with E-state index in [-0.39, 0.29) is 28.0 Å². The first-order chi connectivity index (χ1) is 13.5. The van der Waals surface area contributed by atoms with Crippen molar-refractivity contribution in [2.75, 3.05) is 6.61 Å². The highest BCUT2D eigenvalue weighted by Gasteiger charge is 2.37. The van der Waals surface area contributed by atoms with Crippen molar-refractivity contribution in [1.29, 1.82) is 0 Å². The van der Waals surface area contributed by atoms with Crippen molar-refractivity contribution < 1.29 is 39.9 Å². The van der Waals surface area contributed by atoms with E-state index in [1.807, 2.05) is 0 Å². The standard InChI is InChI=1S/C20H19BrO8/c1-4-8-5-29-20-6(2)14(23)10(17(26)12(20)15(8)24)11-16(25)9(7(3)22)18(27)13(21)19(11)28/h8,23,25-28H,4-5H2,1-3H3. The quantitative estimate of drug-likeness (QED) is 0.430. The van der Waals surface area contributed by atoms with Crippen molar-refractivity contribution in [1.82, 2.24) is 0 Å². The van der Waals surface area contributed by atoms with Crippen LogP contribution in [0.3, 0.4) is 0 Å². The van der Waals surface area contributed by atoms with Crippen molar-refractivity contribution in [3.63, 3.8) is 0 Å². The van der Waals surface area contributed by atoms with Gasteiger partial charge in [0.05, 0.1) is 23.7 Å². The van der Waals surface area contributed by atoms with E-state index < -0.39 is 62.9 Å². The molecular weight excluding hydrogens is 448 g/mol. The summed E-state index contributed by atoms with van der Waals surface area (Å²) >= 11 is 2.94. The number of Topliss-reactive ketones (excluding diaryl/α,β-unsaturated/α-hetero) is 2. The van der Waals surface area contributed by atoms with E-state index in [0.29, 0.717) is 6.42 Å². The van der Waals surface area contributed by atoms with Crippen molar-refractivity contribution in [2.45, 2.75) is 27.2 Å². The number of carbonyl (C=O) groups is 2. The van der Waals surface area contributed by atoms with Crippen LogP contribution in [0.5, 0.6) is 34.5 Å². The minimum Gasteiger partial charge on any atom is -0.507 e. The number of hydrogen-bond acceptors (Lipinski definition) is 8. The number of aromatic hydroxyl groups is 5. The van der Waals surface area contributed by atoms with Crippen LogP contribution in [0.1, 0.15) is 46.5 Å². The number of ketones is 2. The Bertz CT molecular complexity index is 1070. The lowest BCUT2D eigenvalue weighted by Crippen LogP contribution is -2.28. The summed E-state index contributed by atoms with van der Waals surface area (Å²) in [4.78, 5) is 24.7. The monoisotopic (exact) mass is 466 g/mol. The molecule has 0 aliphatic carbocycles. The number of hydrogen-bond donors (Lipinski definition) is 5. The molecule has 5 N–H and O–H groups in total. The third-order valence-electron chi connectivity index (χ3n) is 5.14. The summed E-state index contributed by atoms with van der Waals surface area (Å²) in [5, 5.41) is 52.8. The topological polar surface area (TPSA) is 145 Å². The summed E-state index contributed by atoms with van der Waals surface area (Å²) in [6.45, 7) is 4.42. The molecule has 0 saturated heterocycles. The molecule has 154 valence electrons. The fourth-order valence-corrected chi connectivity index (χ4v) is 3.89. The molecule has 8 nitrogen and oxygen atoms in total. The van der Waals surface area contributed by atoms with Crippen LogP contribution in [0.15, 0.2) is 4.47 Å². The SMILES string of the molecule is CCC1COc2c(C)c(O)c(-c3c(O)c(Br)c(O)c(C(C)=O)c3O)c(O)c2C1=O. The molecule has 0 spiro atoms. The Morgan fingerprint density at radius 1 is 1.00 bits per heavy atom. The lowest BCUT2D eigenvalue weighted by atomic mass is 9.86. The second-order valence-corrected chi connectivity index (χ2v) is 7.64. The average molecular weight is 467 g/mol. The Morgan fingerprint density at radius 3 is 2.14 bits per heavy atom. The maximum Gasteiger partial charge on any atom is 0.176 e. The van der Waals surface area contributed by atoms with Gasteiger partial charge in [0.25, 0.3) is 0 Å². The molecule has 2 aromatic rings. The maximum atomic E-state index is 12.8. The van der Waals surface area contributed by atoms with Crippen molar-refractivity contribution in [3.05, 3.63) is 21.2 Å². The number of ether oxygens (including phenoxy) is 1. The zero-order valence-electron chi connectivity index (χ0n) is 15.8. The third-order valence-corrected chi connectivity index (χ3v) is 5.89.